The zero-order valence-corrected chi connectivity index (χ0v) is 14.5. The normalized spacial score (nSPS) is 13.6. The molecule has 2 amide bonds. The molecule has 0 aliphatic heterocycles. The van der Waals surface area contributed by atoms with Crippen LogP contribution in [0.2, 0.25) is 0 Å². The smallest absolute Gasteiger partial charge is 0.315 e. The zero-order valence-electron chi connectivity index (χ0n) is 13.7. The molecule has 1 aromatic carbocycles. The van der Waals surface area contributed by atoms with Gasteiger partial charge >= 0.3 is 6.03 Å². The van der Waals surface area contributed by atoms with Gasteiger partial charge in [-0.1, -0.05) is 44.2 Å². The van der Waals surface area contributed by atoms with Crippen molar-refractivity contribution in [1.82, 2.24) is 15.6 Å². The Morgan fingerprint density at radius 2 is 2.00 bits per heavy atom. The van der Waals surface area contributed by atoms with Gasteiger partial charge in [-0.3, -0.25) is 0 Å². The molecule has 1 unspecified atom stereocenters. The van der Waals surface area contributed by atoms with Gasteiger partial charge in [0.1, 0.15) is 5.01 Å². The number of nitrogens with one attached hydrogen (secondary N) is 2. The molecule has 1 heterocycles. The van der Waals surface area contributed by atoms with E-state index in [2.05, 4.69) is 15.6 Å². The number of hydrogen-bond donors (Lipinski definition) is 3. The fourth-order valence-electron chi connectivity index (χ4n) is 1.82. The Hall–Kier alpha value is -1.92. The van der Waals surface area contributed by atoms with E-state index in [0.717, 1.165) is 16.3 Å². The maximum absolute atomic E-state index is 11.8. The van der Waals surface area contributed by atoms with E-state index in [1.165, 1.54) is 11.3 Å². The van der Waals surface area contributed by atoms with Crippen LogP contribution in [-0.2, 0) is 6.54 Å². The van der Waals surface area contributed by atoms with Crippen LogP contribution in [0.4, 0.5) is 4.79 Å². The maximum atomic E-state index is 11.8. The molecule has 0 aliphatic rings. The van der Waals surface area contributed by atoms with Gasteiger partial charge in [0.2, 0.25) is 0 Å². The fourth-order valence-corrected chi connectivity index (χ4v) is 2.56. The van der Waals surface area contributed by atoms with Crippen molar-refractivity contribution in [2.24, 2.45) is 5.92 Å². The van der Waals surface area contributed by atoms with Crippen LogP contribution in [0.15, 0.2) is 35.7 Å². The second kappa shape index (κ2) is 7.57. The van der Waals surface area contributed by atoms with E-state index >= 15 is 0 Å². The summed E-state index contributed by atoms with van der Waals surface area (Å²) in [7, 11) is 0. The molecule has 3 N–H and O–H groups in total. The molecular formula is C17H23N3O2S. The summed E-state index contributed by atoms with van der Waals surface area (Å²) in [5.41, 5.74) is 1.06. The number of amides is 2. The summed E-state index contributed by atoms with van der Waals surface area (Å²) >= 11 is 1.51. The molecule has 0 bridgehead atoms. The van der Waals surface area contributed by atoms with Crippen molar-refractivity contribution in [3.05, 3.63) is 40.7 Å². The second-order valence-electron chi connectivity index (χ2n) is 6.04. The minimum absolute atomic E-state index is 0.0650. The molecule has 5 nitrogen and oxygen atoms in total. The van der Waals surface area contributed by atoms with Gasteiger partial charge in [-0.2, -0.15) is 0 Å². The average molecular weight is 333 g/mol. The first-order chi connectivity index (χ1) is 10.9. The van der Waals surface area contributed by atoms with Gasteiger partial charge in [0, 0.05) is 17.5 Å². The van der Waals surface area contributed by atoms with Crippen LogP contribution >= 0.6 is 11.3 Å². The fraction of sp³-hybridized carbons (Fsp3) is 0.412. The van der Waals surface area contributed by atoms with Gasteiger partial charge in [-0.25, -0.2) is 9.78 Å². The number of benzene rings is 1. The first kappa shape index (κ1) is 17.4. The molecule has 0 saturated carbocycles. The molecule has 0 saturated heterocycles. The lowest BCUT2D eigenvalue weighted by Crippen LogP contribution is -2.47. The third-order valence-electron chi connectivity index (χ3n) is 3.87. The number of carbonyl (C=O) groups excluding carboxylic acids is 1. The summed E-state index contributed by atoms with van der Waals surface area (Å²) in [6.07, 6.45) is 0. The summed E-state index contributed by atoms with van der Waals surface area (Å²) in [5.74, 6) is 0.0650. The van der Waals surface area contributed by atoms with Gasteiger partial charge in [0.25, 0.3) is 0 Å². The van der Waals surface area contributed by atoms with E-state index in [-0.39, 0.29) is 18.5 Å². The zero-order chi connectivity index (χ0) is 16.9. The Balaban J connectivity index is 1.82. The van der Waals surface area contributed by atoms with Crippen molar-refractivity contribution < 1.29 is 9.90 Å². The Morgan fingerprint density at radius 3 is 2.65 bits per heavy atom. The molecule has 1 atom stereocenters. The minimum Gasteiger partial charge on any atom is -0.388 e. The summed E-state index contributed by atoms with van der Waals surface area (Å²) in [6.45, 7) is 6.13. The summed E-state index contributed by atoms with van der Waals surface area (Å²) in [6, 6.07) is 9.62. The van der Waals surface area contributed by atoms with Crippen LogP contribution in [-0.4, -0.2) is 28.3 Å². The Morgan fingerprint density at radius 1 is 1.30 bits per heavy atom. The van der Waals surface area contributed by atoms with Crippen LogP contribution in [0.3, 0.4) is 0 Å². The summed E-state index contributed by atoms with van der Waals surface area (Å²) < 4.78 is 0. The molecule has 0 spiro atoms. The van der Waals surface area contributed by atoms with Crippen LogP contribution in [0.25, 0.3) is 11.3 Å². The van der Waals surface area contributed by atoms with Crippen LogP contribution < -0.4 is 10.6 Å². The molecule has 2 aromatic rings. The molecule has 6 heteroatoms. The molecule has 0 fully saturated rings. The van der Waals surface area contributed by atoms with Gasteiger partial charge in [0.15, 0.2) is 0 Å². The quantitative estimate of drug-likeness (QED) is 0.761. The number of rotatable bonds is 6. The van der Waals surface area contributed by atoms with Crippen molar-refractivity contribution in [2.45, 2.75) is 32.9 Å². The molecular weight excluding hydrogens is 310 g/mol. The predicted octanol–water partition coefficient (Wildman–Crippen LogP) is 3.02. The predicted molar refractivity (Wildman–Crippen MR) is 93.3 cm³/mol. The Labute approximate surface area is 140 Å². The van der Waals surface area contributed by atoms with Gasteiger partial charge in [-0.05, 0) is 12.8 Å². The maximum Gasteiger partial charge on any atom is 0.315 e. The minimum atomic E-state index is -0.918. The first-order valence-electron chi connectivity index (χ1n) is 7.62. The molecule has 0 aliphatic carbocycles. The molecule has 0 radical (unpaired) electrons. The van der Waals surface area contributed by atoms with Crippen molar-refractivity contribution in [3.8, 4) is 11.3 Å². The highest BCUT2D eigenvalue weighted by atomic mass is 32.1. The molecule has 1 aromatic heterocycles. The van der Waals surface area contributed by atoms with E-state index in [0.29, 0.717) is 6.54 Å². The molecule has 2 rings (SSSR count). The number of urea groups is 1. The average Bonchev–Trinajstić information content (AvgIpc) is 3.01. The number of nitrogens with zero attached hydrogens (tertiary/aromatic N) is 1. The lowest BCUT2D eigenvalue weighted by Gasteiger charge is -2.27. The standard InChI is InChI=1S/C17H23N3O2S/c1-12(2)17(3,22)11-19-16(21)18-9-15-20-14(10-23-15)13-7-5-4-6-8-13/h4-8,10,12,22H,9,11H2,1-3H3,(H2,18,19,21). The first-order valence-corrected chi connectivity index (χ1v) is 8.50. The number of aliphatic hydroxyl groups is 1. The van der Waals surface area contributed by atoms with Crippen LogP contribution in [0.1, 0.15) is 25.8 Å². The molecule has 23 heavy (non-hydrogen) atoms. The highest BCUT2D eigenvalue weighted by Crippen LogP contribution is 2.21. The third-order valence-corrected chi connectivity index (χ3v) is 4.72. The third kappa shape index (κ3) is 5.04. The van der Waals surface area contributed by atoms with E-state index in [9.17, 15) is 9.90 Å². The van der Waals surface area contributed by atoms with Gasteiger partial charge < -0.3 is 15.7 Å². The lowest BCUT2D eigenvalue weighted by atomic mass is 9.93. The number of thiazole rings is 1. The van der Waals surface area contributed by atoms with Gasteiger partial charge in [-0.15, -0.1) is 11.3 Å². The summed E-state index contributed by atoms with van der Waals surface area (Å²) in [5, 5.41) is 18.4. The van der Waals surface area contributed by atoms with Crippen molar-refractivity contribution in [2.75, 3.05) is 6.54 Å². The van der Waals surface area contributed by atoms with Crippen LogP contribution in [0.5, 0.6) is 0 Å². The van der Waals surface area contributed by atoms with Crippen molar-refractivity contribution in [1.29, 1.82) is 0 Å². The summed E-state index contributed by atoms with van der Waals surface area (Å²) in [4.78, 5) is 16.3. The number of aromatic nitrogens is 1. The largest absolute Gasteiger partial charge is 0.388 e. The van der Waals surface area contributed by atoms with Gasteiger partial charge in [0.05, 0.1) is 17.8 Å². The van der Waals surface area contributed by atoms with E-state index < -0.39 is 5.60 Å². The highest BCUT2D eigenvalue weighted by molar-refractivity contribution is 7.09. The van der Waals surface area contributed by atoms with E-state index in [1.807, 2.05) is 49.6 Å². The molecule has 124 valence electrons. The number of hydrogen-bond acceptors (Lipinski definition) is 4. The van der Waals surface area contributed by atoms with E-state index in [1.54, 1.807) is 6.92 Å². The second-order valence-corrected chi connectivity index (χ2v) is 6.98. The Bertz CT molecular complexity index is 638. The highest BCUT2D eigenvalue weighted by Gasteiger charge is 2.25. The topological polar surface area (TPSA) is 74.2 Å². The Kier molecular flexibility index (Phi) is 5.74. The monoisotopic (exact) mass is 333 g/mol. The van der Waals surface area contributed by atoms with Crippen molar-refractivity contribution >= 4 is 17.4 Å². The SMILES string of the molecule is CC(C)C(C)(O)CNC(=O)NCc1nc(-c2ccccc2)cs1. The van der Waals surface area contributed by atoms with Crippen molar-refractivity contribution in [3.63, 3.8) is 0 Å². The number of carbonyl (C=O) groups is 1. The lowest BCUT2D eigenvalue weighted by molar-refractivity contribution is 0.0166. The van der Waals surface area contributed by atoms with Crippen LogP contribution in [0, 0.1) is 5.92 Å². The van der Waals surface area contributed by atoms with E-state index in [4.69, 9.17) is 0 Å².